The zero-order valence-corrected chi connectivity index (χ0v) is 9.00. The maximum atomic E-state index is 5.39. The van der Waals surface area contributed by atoms with Gasteiger partial charge in [0, 0.05) is 19.8 Å². The quantitative estimate of drug-likeness (QED) is 0.238. The molecule has 0 saturated carbocycles. The maximum absolute atomic E-state index is 5.39. The minimum atomic E-state index is 0.315. The van der Waals surface area contributed by atoms with Crippen molar-refractivity contribution in [1.82, 2.24) is 5.43 Å². The van der Waals surface area contributed by atoms with Gasteiger partial charge in [0.15, 0.2) is 0 Å². The Morgan fingerprint density at radius 2 is 2.14 bits per heavy atom. The van der Waals surface area contributed by atoms with E-state index < -0.39 is 0 Å². The Balaban J connectivity index is 3.28. The van der Waals surface area contributed by atoms with Crippen molar-refractivity contribution in [3.8, 4) is 0 Å². The Morgan fingerprint density at radius 1 is 1.36 bits per heavy atom. The van der Waals surface area contributed by atoms with E-state index in [0.717, 1.165) is 25.9 Å². The van der Waals surface area contributed by atoms with Crippen molar-refractivity contribution >= 4 is 0 Å². The topological polar surface area (TPSA) is 56.5 Å². The molecule has 0 aliphatic rings. The molecule has 0 rings (SSSR count). The maximum Gasteiger partial charge on any atom is 0.0700 e. The number of allylic oxidation sites excluding steroid dienone is 1. The Hall–Kier alpha value is -0.420. The molecule has 0 aromatic carbocycles. The fourth-order valence-electron chi connectivity index (χ4n) is 1.10. The lowest BCUT2D eigenvalue weighted by molar-refractivity contribution is 0.0655. The van der Waals surface area contributed by atoms with E-state index in [9.17, 15) is 0 Å². The van der Waals surface area contributed by atoms with E-state index in [1.807, 2.05) is 6.08 Å². The van der Waals surface area contributed by atoms with Crippen LogP contribution in [-0.2, 0) is 9.47 Å². The number of nitrogens with one attached hydrogen (secondary N) is 1. The summed E-state index contributed by atoms with van der Waals surface area (Å²) in [6, 6.07) is 0.315. The van der Waals surface area contributed by atoms with Crippen LogP contribution in [0.15, 0.2) is 12.7 Å². The van der Waals surface area contributed by atoms with E-state index in [-0.39, 0.29) is 0 Å². The lowest BCUT2D eigenvalue weighted by Gasteiger charge is -2.14. The molecule has 4 heteroatoms. The van der Waals surface area contributed by atoms with Crippen LogP contribution in [0.5, 0.6) is 0 Å². The monoisotopic (exact) mass is 202 g/mol. The predicted octanol–water partition coefficient (Wildman–Crippen LogP) is 0.838. The van der Waals surface area contributed by atoms with Gasteiger partial charge in [0.25, 0.3) is 0 Å². The van der Waals surface area contributed by atoms with Gasteiger partial charge >= 0.3 is 0 Å². The van der Waals surface area contributed by atoms with Crippen LogP contribution in [0.4, 0.5) is 0 Å². The Morgan fingerprint density at radius 3 is 2.71 bits per heavy atom. The molecular formula is C10H22N2O2. The average molecular weight is 202 g/mol. The summed E-state index contributed by atoms with van der Waals surface area (Å²) >= 11 is 0. The van der Waals surface area contributed by atoms with Crippen LogP contribution in [-0.4, -0.2) is 33.0 Å². The second-order valence-electron chi connectivity index (χ2n) is 3.12. The van der Waals surface area contributed by atoms with Crippen LogP contribution in [0.3, 0.4) is 0 Å². The van der Waals surface area contributed by atoms with Gasteiger partial charge in [-0.2, -0.15) is 0 Å². The number of hydrogen-bond acceptors (Lipinski definition) is 4. The summed E-state index contributed by atoms with van der Waals surface area (Å²) in [5.74, 6) is 5.39. The molecule has 1 unspecified atom stereocenters. The molecule has 3 N–H and O–H groups in total. The third kappa shape index (κ3) is 8.19. The molecule has 0 heterocycles. The molecule has 0 aliphatic heterocycles. The summed E-state index contributed by atoms with van der Waals surface area (Å²) in [4.78, 5) is 0. The fraction of sp³-hybridized carbons (Fsp3) is 0.800. The summed E-state index contributed by atoms with van der Waals surface area (Å²) in [5, 5.41) is 0. The Bertz CT molecular complexity index is 131. The van der Waals surface area contributed by atoms with Crippen molar-refractivity contribution in [3.63, 3.8) is 0 Å². The molecule has 0 aliphatic carbocycles. The van der Waals surface area contributed by atoms with Crippen molar-refractivity contribution in [2.24, 2.45) is 5.84 Å². The van der Waals surface area contributed by atoms with E-state index in [2.05, 4.69) is 12.0 Å². The zero-order chi connectivity index (χ0) is 10.6. The van der Waals surface area contributed by atoms with E-state index in [4.69, 9.17) is 15.3 Å². The van der Waals surface area contributed by atoms with E-state index in [1.54, 1.807) is 7.11 Å². The summed E-state index contributed by atoms with van der Waals surface area (Å²) in [7, 11) is 1.66. The molecule has 0 saturated heterocycles. The zero-order valence-electron chi connectivity index (χ0n) is 9.00. The number of ether oxygens (including phenoxy) is 2. The number of nitrogens with two attached hydrogens (primary N) is 1. The third-order valence-electron chi connectivity index (χ3n) is 2.00. The molecule has 0 spiro atoms. The van der Waals surface area contributed by atoms with Gasteiger partial charge in [-0.05, 0) is 19.3 Å². The summed E-state index contributed by atoms with van der Waals surface area (Å²) < 4.78 is 10.2. The largest absolute Gasteiger partial charge is 0.382 e. The first-order valence-electron chi connectivity index (χ1n) is 4.98. The standard InChI is InChI=1S/C10H22N2O2/c1-3-4-5-10(12-11)6-7-14-9-8-13-2/h3,10,12H,1,4-9,11H2,2H3. The molecule has 14 heavy (non-hydrogen) atoms. The van der Waals surface area contributed by atoms with Crippen LogP contribution in [0.25, 0.3) is 0 Å². The molecule has 1 atom stereocenters. The fourth-order valence-corrected chi connectivity index (χ4v) is 1.10. The van der Waals surface area contributed by atoms with Gasteiger partial charge in [-0.15, -0.1) is 6.58 Å². The molecule has 84 valence electrons. The van der Waals surface area contributed by atoms with Gasteiger partial charge in [0.1, 0.15) is 0 Å². The average Bonchev–Trinajstić information content (AvgIpc) is 2.22. The Kier molecular flexibility index (Phi) is 10.3. The first-order chi connectivity index (χ1) is 6.85. The van der Waals surface area contributed by atoms with Gasteiger partial charge in [0.05, 0.1) is 13.2 Å². The van der Waals surface area contributed by atoms with Crippen LogP contribution in [0.2, 0.25) is 0 Å². The summed E-state index contributed by atoms with van der Waals surface area (Å²) in [6.45, 7) is 5.68. The first kappa shape index (κ1) is 13.6. The number of methoxy groups -OCH3 is 1. The summed E-state index contributed by atoms with van der Waals surface area (Å²) in [6.07, 6.45) is 4.81. The highest BCUT2D eigenvalue weighted by Gasteiger charge is 2.04. The van der Waals surface area contributed by atoms with Crippen molar-refractivity contribution in [2.75, 3.05) is 26.9 Å². The van der Waals surface area contributed by atoms with Gasteiger partial charge < -0.3 is 9.47 Å². The molecular weight excluding hydrogens is 180 g/mol. The van der Waals surface area contributed by atoms with Crippen LogP contribution in [0.1, 0.15) is 19.3 Å². The first-order valence-corrected chi connectivity index (χ1v) is 4.98. The predicted molar refractivity (Wildman–Crippen MR) is 57.9 cm³/mol. The highest BCUT2D eigenvalue weighted by atomic mass is 16.5. The lowest BCUT2D eigenvalue weighted by Crippen LogP contribution is -2.35. The SMILES string of the molecule is C=CCCC(CCOCCOC)NN. The smallest absolute Gasteiger partial charge is 0.0700 e. The molecule has 0 fully saturated rings. The third-order valence-corrected chi connectivity index (χ3v) is 2.00. The number of rotatable bonds is 10. The van der Waals surface area contributed by atoms with Crippen molar-refractivity contribution in [2.45, 2.75) is 25.3 Å². The number of hydrogen-bond donors (Lipinski definition) is 2. The summed E-state index contributed by atoms with van der Waals surface area (Å²) in [5.41, 5.74) is 2.77. The highest BCUT2D eigenvalue weighted by Crippen LogP contribution is 2.01. The van der Waals surface area contributed by atoms with Crippen LogP contribution in [0, 0.1) is 0 Å². The van der Waals surface area contributed by atoms with Gasteiger partial charge in [-0.25, -0.2) is 0 Å². The molecule has 0 amide bonds. The Labute approximate surface area is 86.4 Å². The molecule has 0 aromatic heterocycles. The molecule has 0 bridgehead atoms. The van der Waals surface area contributed by atoms with E-state index in [1.165, 1.54) is 0 Å². The second kappa shape index (κ2) is 10.7. The molecule has 4 nitrogen and oxygen atoms in total. The van der Waals surface area contributed by atoms with Crippen LogP contribution >= 0.6 is 0 Å². The second-order valence-corrected chi connectivity index (χ2v) is 3.12. The lowest BCUT2D eigenvalue weighted by atomic mass is 10.1. The minimum absolute atomic E-state index is 0.315. The van der Waals surface area contributed by atoms with Gasteiger partial charge in [0.2, 0.25) is 0 Å². The number of hydrazine groups is 1. The van der Waals surface area contributed by atoms with E-state index >= 15 is 0 Å². The van der Waals surface area contributed by atoms with Gasteiger partial charge in [-0.3, -0.25) is 11.3 Å². The van der Waals surface area contributed by atoms with Crippen molar-refractivity contribution < 1.29 is 9.47 Å². The van der Waals surface area contributed by atoms with Gasteiger partial charge in [-0.1, -0.05) is 6.08 Å². The van der Waals surface area contributed by atoms with E-state index in [0.29, 0.717) is 19.3 Å². The minimum Gasteiger partial charge on any atom is -0.382 e. The highest BCUT2D eigenvalue weighted by molar-refractivity contribution is 4.72. The normalized spacial score (nSPS) is 12.7. The molecule has 0 radical (unpaired) electrons. The van der Waals surface area contributed by atoms with Crippen molar-refractivity contribution in [1.29, 1.82) is 0 Å². The van der Waals surface area contributed by atoms with Crippen LogP contribution < -0.4 is 11.3 Å². The molecule has 0 aromatic rings. The van der Waals surface area contributed by atoms with Crippen molar-refractivity contribution in [3.05, 3.63) is 12.7 Å².